The van der Waals surface area contributed by atoms with Crippen LogP contribution in [-0.4, -0.2) is 83.8 Å². The fourth-order valence-electron chi connectivity index (χ4n) is 8.77. The Balaban J connectivity index is 0.894. The Hall–Kier alpha value is -7.32. The Bertz CT molecular complexity index is 2540. The minimum atomic E-state index is -1.54. The van der Waals surface area contributed by atoms with Gasteiger partial charge in [-0.3, -0.25) is 9.59 Å². The van der Waals surface area contributed by atoms with Crippen molar-refractivity contribution in [2.45, 2.75) is 48.6 Å². The van der Waals surface area contributed by atoms with E-state index in [0.29, 0.717) is 11.1 Å². The normalized spacial score (nSPS) is 14.8. The predicted molar refractivity (Wildman–Crippen MR) is 243 cm³/mol. The Morgan fingerprint density at radius 1 is 0.477 bits per heavy atom. The fourth-order valence-corrected chi connectivity index (χ4v) is 8.77. The second-order valence-electron chi connectivity index (χ2n) is 16.1. The van der Waals surface area contributed by atoms with Gasteiger partial charge in [0.15, 0.2) is 0 Å². The lowest BCUT2D eigenvalue weighted by molar-refractivity contribution is -0.127. The summed E-state index contributed by atoms with van der Waals surface area (Å²) in [6.45, 7) is -0.705. The average molecular weight is 875 g/mol. The lowest BCUT2D eigenvalue weighted by Gasteiger charge is -2.27. The molecule has 13 nitrogen and oxygen atoms in total. The summed E-state index contributed by atoms with van der Waals surface area (Å²) in [7, 11) is 0. The van der Waals surface area contributed by atoms with E-state index in [9.17, 15) is 34.5 Å². The largest absolute Gasteiger partial charge is 0.449 e. The number of carbonyl (C=O) groups excluding carboxylic acids is 4. The first kappa shape index (κ1) is 44.3. The van der Waals surface area contributed by atoms with Crippen molar-refractivity contribution in [3.63, 3.8) is 0 Å². The molecule has 0 saturated carbocycles. The quantitative estimate of drug-likeness (QED) is 0.0555. The summed E-state index contributed by atoms with van der Waals surface area (Å²) < 4.78 is 11.4. The van der Waals surface area contributed by atoms with Gasteiger partial charge < -0.3 is 46.1 Å². The van der Waals surface area contributed by atoms with Crippen molar-refractivity contribution in [2.24, 2.45) is 0 Å². The maximum atomic E-state index is 13.9. The molecule has 2 aliphatic rings. The van der Waals surface area contributed by atoms with Crippen LogP contribution in [0.2, 0.25) is 0 Å². The van der Waals surface area contributed by atoms with E-state index >= 15 is 0 Å². The number of fused-ring (bicyclic) bond motifs is 6. The number of benzene rings is 6. The van der Waals surface area contributed by atoms with Crippen LogP contribution in [0.3, 0.4) is 0 Å². The van der Waals surface area contributed by atoms with Gasteiger partial charge in [0, 0.05) is 18.4 Å². The van der Waals surface area contributed by atoms with Gasteiger partial charge >= 0.3 is 12.2 Å². The Labute approximate surface area is 376 Å². The van der Waals surface area contributed by atoms with Crippen LogP contribution in [0.25, 0.3) is 22.3 Å². The number of aliphatic hydroxyl groups is 3. The van der Waals surface area contributed by atoms with E-state index in [1.807, 2.05) is 97.1 Å². The third-order valence-electron chi connectivity index (χ3n) is 12.1. The molecule has 2 unspecified atom stereocenters. The molecule has 8 rings (SSSR count). The van der Waals surface area contributed by atoms with Crippen molar-refractivity contribution < 1.29 is 44.0 Å². The Kier molecular flexibility index (Phi) is 13.9. The van der Waals surface area contributed by atoms with Gasteiger partial charge in [-0.05, 0) is 62.1 Å². The van der Waals surface area contributed by atoms with Gasteiger partial charge in [-0.2, -0.15) is 0 Å². The minimum Gasteiger partial charge on any atom is -0.449 e. The van der Waals surface area contributed by atoms with E-state index in [1.165, 1.54) is 0 Å². The van der Waals surface area contributed by atoms with E-state index in [-0.39, 0.29) is 38.0 Å². The monoisotopic (exact) mass is 874 g/mol. The smallest absolute Gasteiger partial charge is 0.407 e. The third kappa shape index (κ3) is 9.92. The summed E-state index contributed by atoms with van der Waals surface area (Å²) >= 11 is 0. The van der Waals surface area contributed by atoms with Crippen molar-refractivity contribution in [2.75, 3.05) is 26.4 Å². The zero-order valence-corrected chi connectivity index (χ0v) is 35.4. The van der Waals surface area contributed by atoms with E-state index < -0.39 is 60.9 Å². The number of alkyl carbamates (subject to hydrolysis) is 2. The molecule has 332 valence electrons. The summed E-state index contributed by atoms with van der Waals surface area (Å²) in [6, 6.07) is 44.3. The fraction of sp³-hybridized carbons (Fsp3) is 0.231. The zero-order chi connectivity index (χ0) is 45.3. The first-order valence-corrected chi connectivity index (χ1v) is 21.6. The molecule has 0 bridgehead atoms. The molecule has 0 aliphatic heterocycles. The van der Waals surface area contributed by atoms with Crippen LogP contribution in [-0.2, 0) is 19.1 Å². The number of aliphatic hydroxyl groups excluding tert-OH is 3. The summed E-state index contributed by atoms with van der Waals surface area (Å²) in [5, 5.41) is 43.6. The van der Waals surface area contributed by atoms with Crippen LogP contribution in [0.4, 0.5) is 9.59 Å². The molecule has 13 heteroatoms. The number of carbonyl (C=O) groups is 4. The zero-order valence-electron chi connectivity index (χ0n) is 35.4. The molecule has 7 N–H and O–H groups in total. The summed E-state index contributed by atoms with van der Waals surface area (Å²) in [5.41, 5.74) is 8.98. The van der Waals surface area contributed by atoms with Crippen LogP contribution < -0.4 is 21.3 Å². The van der Waals surface area contributed by atoms with E-state index in [4.69, 9.17) is 9.47 Å². The van der Waals surface area contributed by atoms with Gasteiger partial charge in [0.1, 0.15) is 37.5 Å². The molecule has 0 fully saturated rings. The molecule has 0 spiro atoms. The number of ether oxygens (including phenoxy) is 2. The number of hydrogen-bond acceptors (Lipinski definition) is 9. The molecular weight excluding hydrogens is 825 g/mol. The molecule has 65 heavy (non-hydrogen) atoms. The van der Waals surface area contributed by atoms with Gasteiger partial charge in [0.05, 0.1) is 12.6 Å². The van der Waals surface area contributed by atoms with Crippen molar-refractivity contribution in [3.8, 4) is 22.3 Å². The van der Waals surface area contributed by atoms with Gasteiger partial charge in [-0.15, -0.1) is 0 Å². The Morgan fingerprint density at radius 3 is 1.22 bits per heavy atom. The maximum Gasteiger partial charge on any atom is 0.407 e. The van der Waals surface area contributed by atoms with Crippen LogP contribution in [0, 0.1) is 0 Å². The molecular formula is C52H50N4O9. The van der Waals surface area contributed by atoms with Gasteiger partial charge in [0.2, 0.25) is 11.8 Å². The highest BCUT2D eigenvalue weighted by Crippen LogP contribution is 2.45. The highest BCUT2D eigenvalue weighted by molar-refractivity contribution is 5.88. The summed E-state index contributed by atoms with van der Waals surface area (Å²) in [5.74, 6) is -2.02. The van der Waals surface area contributed by atoms with Crippen LogP contribution in [0.1, 0.15) is 63.8 Å². The second kappa shape index (κ2) is 20.5. The predicted octanol–water partition coefficient (Wildman–Crippen LogP) is 6.25. The molecule has 5 atom stereocenters. The number of rotatable bonds is 17. The molecule has 0 aromatic heterocycles. The summed E-state index contributed by atoms with van der Waals surface area (Å²) in [6.07, 6.45) is -4.81. The molecule has 0 heterocycles. The van der Waals surface area contributed by atoms with Gasteiger partial charge in [-0.25, -0.2) is 9.59 Å². The van der Waals surface area contributed by atoms with Crippen molar-refractivity contribution in [1.82, 2.24) is 21.3 Å². The van der Waals surface area contributed by atoms with E-state index in [2.05, 4.69) is 21.3 Å². The number of hydrogen-bond donors (Lipinski definition) is 7. The molecule has 0 saturated heterocycles. The lowest BCUT2D eigenvalue weighted by atomic mass is 9.98. The van der Waals surface area contributed by atoms with E-state index in [1.54, 1.807) is 60.7 Å². The molecule has 2 aliphatic carbocycles. The first-order valence-electron chi connectivity index (χ1n) is 21.6. The third-order valence-corrected chi connectivity index (χ3v) is 12.1. The highest BCUT2D eigenvalue weighted by atomic mass is 16.6. The molecule has 6 aromatic carbocycles. The van der Waals surface area contributed by atoms with Crippen LogP contribution >= 0.6 is 0 Å². The topological polar surface area (TPSA) is 196 Å². The average Bonchev–Trinajstić information content (AvgIpc) is 3.85. The lowest BCUT2D eigenvalue weighted by Crippen LogP contribution is -2.54. The van der Waals surface area contributed by atoms with Crippen molar-refractivity contribution in [1.29, 1.82) is 0 Å². The first-order chi connectivity index (χ1) is 31.7. The standard InChI is InChI=1S/C52H50N4O9/c57-29-34(54-50(61)46(48(59)33-17-5-2-6-18-33)56-52(63)65-31-44-41-25-13-9-21-37(41)38-22-10-14-26-42(38)44)27-28-53-49(60)45(47(58)32-15-3-1-4-16-32)55-51(62)64-30-43-39-23-11-7-19-35(39)36-20-8-12-24-40(36)43/h1-26,34,43-48,57-59H,27-31H2,(H,53,60)(H,54,61)(H,55,62)(H,56,63)/t34-,45-,46-,47?,48?/m0/s1. The Morgan fingerprint density at radius 2 is 0.831 bits per heavy atom. The second-order valence-corrected chi connectivity index (χ2v) is 16.1. The summed E-state index contributed by atoms with van der Waals surface area (Å²) in [4.78, 5) is 54.4. The van der Waals surface area contributed by atoms with E-state index in [0.717, 1.165) is 44.5 Å². The molecule has 4 amide bonds. The van der Waals surface area contributed by atoms with Gasteiger partial charge in [-0.1, -0.05) is 158 Å². The number of nitrogens with one attached hydrogen (secondary N) is 4. The van der Waals surface area contributed by atoms with Gasteiger partial charge in [0.25, 0.3) is 0 Å². The van der Waals surface area contributed by atoms with Crippen LogP contribution in [0.15, 0.2) is 158 Å². The highest BCUT2D eigenvalue weighted by Gasteiger charge is 2.35. The van der Waals surface area contributed by atoms with Crippen molar-refractivity contribution in [3.05, 3.63) is 191 Å². The molecule has 6 aromatic rings. The molecule has 0 radical (unpaired) electrons. The SMILES string of the molecule is O=C(N[C@H](C(=O)NCC[C@@H](CO)NC(=O)[C@@H](NC(=O)OCC1c2ccccc2-c2ccccc21)C(O)c1ccccc1)C(O)c1ccccc1)OCC1c2ccccc2-c2ccccc21. The van der Waals surface area contributed by atoms with Crippen LogP contribution in [0.5, 0.6) is 0 Å². The minimum absolute atomic E-state index is 0.00776. The van der Waals surface area contributed by atoms with Crippen molar-refractivity contribution >= 4 is 24.0 Å². The number of amides is 4. The maximum absolute atomic E-state index is 13.9.